The summed E-state index contributed by atoms with van der Waals surface area (Å²) in [5, 5.41) is 34.4. The fourth-order valence-electron chi connectivity index (χ4n) is 10.4. The minimum absolute atomic E-state index is 0.0122. The van der Waals surface area contributed by atoms with Crippen molar-refractivity contribution in [3.05, 3.63) is 0 Å². The lowest BCUT2D eigenvalue weighted by atomic mass is 9.40. The topological polar surface area (TPSA) is 160 Å². The quantitative estimate of drug-likeness (QED) is 0.333. The van der Waals surface area contributed by atoms with Gasteiger partial charge in [0.15, 0.2) is 5.78 Å². The molecule has 1 heterocycles. The Morgan fingerprint density at radius 2 is 1.62 bits per heavy atom. The Bertz CT molecular complexity index is 1140. The van der Waals surface area contributed by atoms with Gasteiger partial charge >= 0.3 is 11.9 Å². The van der Waals surface area contributed by atoms with Crippen molar-refractivity contribution in [1.29, 1.82) is 0 Å². The van der Waals surface area contributed by atoms with Crippen molar-refractivity contribution in [2.75, 3.05) is 0 Å². The number of esters is 2. The summed E-state index contributed by atoms with van der Waals surface area (Å²) in [5.41, 5.74) is -4.25. The second-order valence-electron chi connectivity index (χ2n) is 13.8. The summed E-state index contributed by atoms with van der Waals surface area (Å²) >= 11 is 0. The molecule has 16 atom stereocenters. The summed E-state index contributed by atoms with van der Waals surface area (Å²) < 4.78 is 17.5. The number of aliphatic hydroxyl groups excluding tert-OH is 2. The standard InChI is InChI=1S/C29H40O10/c1-10-7-15(32)11(2)18-20(10)27(5)17(37-12(3)30)8-14-19(21(27)22(18)33)23(34)25(35)29(36)9-16-24(39-16)26(28(14,29)6)38-13(4)31/h10-11,14-21,24-26,32,35-36H,7-9H2,1-6H3/t10-,11-,14+,15+,16+,17+,18+,19-,20+,21-,24+,25+,26+,27-,28+,29+/m1/s1. The molecule has 216 valence electrons. The summed E-state index contributed by atoms with van der Waals surface area (Å²) in [4.78, 5) is 53.3. The second-order valence-corrected chi connectivity index (χ2v) is 13.8. The Kier molecular flexibility index (Phi) is 5.83. The minimum Gasteiger partial charge on any atom is -0.462 e. The maximum Gasteiger partial charge on any atom is 0.303 e. The highest BCUT2D eigenvalue weighted by Crippen LogP contribution is 2.72. The third-order valence-corrected chi connectivity index (χ3v) is 12.1. The number of aliphatic hydroxyl groups is 3. The maximum absolute atomic E-state index is 14.4. The molecule has 1 aliphatic heterocycles. The lowest BCUT2D eigenvalue weighted by molar-refractivity contribution is -0.274. The van der Waals surface area contributed by atoms with Crippen molar-refractivity contribution in [2.24, 2.45) is 52.3 Å². The van der Waals surface area contributed by atoms with Crippen LogP contribution in [-0.4, -0.2) is 81.0 Å². The van der Waals surface area contributed by atoms with E-state index in [9.17, 15) is 34.5 Å². The third-order valence-electron chi connectivity index (χ3n) is 12.1. The molecule has 6 rings (SSSR count). The van der Waals surface area contributed by atoms with Crippen LogP contribution in [0, 0.1) is 52.3 Å². The predicted octanol–water partition coefficient (Wildman–Crippen LogP) is 0.812. The summed E-state index contributed by atoms with van der Waals surface area (Å²) in [6, 6.07) is 0. The number of epoxide rings is 1. The van der Waals surface area contributed by atoms with Crippen LogP contribution in [0.3, 0.4) is 0 Å². The van der Waals surface area contributed by atoms with Gasteiger partial charge < -0.3 is 29.5 Å². The van der Waals surface area contributed by atoms with Gasteiger partial charge in [0, 0.05) is 48.9 Å². The molecule has 39 heavy (non-hydrogen) atoms. The Hall–Kier alpha value is -1.88. The van der Waals surface area contributed by atoms with E-state index in [2.05, 4.69) is 0 Å². The monoisotopic (exact) mass is 548 g/mol. The zero-order valence-electron chi connectivity index (χ0n) is 23.3. The largest absolute Gasteiger partial charge is 0.462 e. The van der Waals surface area contributed by atoms with Crippen LogP contribution in [0.2, 0.25) is 0 Å². The average molecular weight is 549 g/mol. The van der Waals surface area contributed by atoms with Gasteiger partial charge in [-0.3, -0.25) is 19.2 Å². The number of Topliss-reactive ketones (excluding diaryl/α,β-unsaturated/α-hetero) is 2. The van der Waals surface area contributed by atoms with E-state index < -0.39 is 94.4 Å². The first-order valence-corrected chi connectivity index (χ1v) is 14.3. The molecular weight excluding hydrogens is 508 g/mol. The summed E-state index contributed by atoms with van der Waals surface area (Å²) in [5.74, 6) is -5.70. The van der Waals surface area contributed by atoms with Crippen molar-refractivity contribution in [3.63, 3.8) is 0 Å². The number of fused-ring (bicyclic) bond motifs is 8. The minimum atomic E-state index is -1.97. The SMILES string of the molecule is CC(=O)O[C@H]1C[C@H]2[C@@H](C(=O)[C@H](O)[C@@]3(O)C[C@@H]4O[C@@H]4[C@H](OC(C)=O)[C@]23C)[C@@H]2C(=O)[C@H]3[C@H](C)[C@@H](O)C[C@@H](C)[C@@H]3[C@@]12C. The van der Waals surface area contributed by atoms with Gasteiger partial charge in [0.2, 0.25) is 0 Å². The van der Waals surface area contributed by atoms with Crippen LogP contribution in [0.1, 0.15) is 60.8 Å². The molecule has 6 aliphatic rings. The van der Waals surface area contributed by atoms with Crippen LogP contribution in [0.15, 0.2) is 0 Å². The summed E-state index contributed by atoms with van der Waals surface area (Å²) in [6.45, 7) is 10.0. The maximum atomic E-state index is 14.4. The normalized spacial score (nSPS) is 57.3. The van der Waals surface area contributed by atoms with E-state index in [0.29, 0.717) is 6.42 Å². The van der Waals surface area contributed by atoms with Gasteiger partial charge in [-0.25, -0.2) is 0 Å². The lowest BCUT2D eigenvalue weighted by Crippen LogP contribution is -2.77. The zero-order valence-corrected chi connectivity index (χ0v) is 23.3. The summed E-state index contributed by atoms with van der Waals surface area (Å²) in [6.07, 6.45) is -4.55. The smallest absolute Gasteiger partial charge is 0.303 e. The molecule has 0 amide bonds. The highest BCUT2D eigenvalue weighted by molar-refractivity contribution is 5.97. The molecule has 10 heteroatoms. The zero-order chi connectivity index (χ0) is 28.6. The van der Waals surface area contributed by atoms with E-state index in [1.165, 1.54) is 13.8 Å². The molecule has 3 N–H and O–H groups in total. The first-order chi connectivity index (χ1) is 18.1. The second kappa shape index (κ2) is 8.33. The van der Waals surface area contributed by atoms with E-state index in [-0.39, 0.29) is 36.4 Å². The number of ether oxygens (including phenoxy) is 3. The first kappa shape index (κ1) is 27.3. The number of ketones is 2. The van der Waals surface area contributed by atoms with Crippen molar-refractivity contribution < 1.29 is 48.7 Å². The van der Waals surface area contributed by atoms with E-state index >= 15 is 0 Å². The molecular formula is C29H40O10. The van der Waals surface area contributed by atoms with Crippen LogP contribution in [0.4, 0.5) is 0 Å². The van der Waals surface area contributed by atoms with Crippen LogP contribution in [-0.2, 0) is 33.4 Å². The highest BCUT2D eigenvalue weighted by atomic mass is 16.6. The van der Waals surface area contributed by atoms with E-state index in [0.717, 1.165) is 0 Å². The number of rotatable bonds is 2. The van der Waals surface area contributed by atoms with E-state index in [1.807, 2.05) is 20.8 Å². The number of hydrogen-bond acceptors (Lipinski definition) is 10. The van der Waals surface area contributed by atoms with Gasteiger partial charge in [-0.1, -0.05) is 27.7 Å². The molecule has 1 saturated heterocycles. The Balaban J connectivity index is 1.55. The third kappa shape index (κ3) is 3.23. The van der Waals surface area contributed by atoms with Gasteiger partial charge in [0.05, 0.1) is 12.2 Å². The van der Waals surface area contributed by atoms with Crippen molar-refractivity contribution >= 4 is 23.5 Å². The number of hydrogen-bond donors (Lipinski definition) is 3. The molecule has 0 spiro atoms. The number of carbonyl (C=O) groups is 4. The van der Waals surface area contributed by atoms with E-state index in [1.54, 1.807) is 6.92 Å². The van der Waals surface area contributed by atoms with E-state index in [4.69, 9.17) is 14.2 Å². The molecule has 0 aromatic carbocycles. The molecule has 0 aromatic rings. The molecule has 0 bridgehead atoms. The van der Waals surface area contributed by atoms with Crippen LogP contribution >= 0.6 is 0 Å². The van der Waals surface area contributed by atoms with Gasteiger partial charge in [0.1, 0.15) is 35.8 Å². The van der Waals surface area contributed by atoms with Crippen molar-refractivity contribution in [3.8, 4) is 0 Å². The average Bonchev–Trinajstić information content (AvgIpc) is 3.55. The van der Waals surface area contributed by atoms with Crippen LogP contribution in [0.5, 0.6) is 0 Å². The molecule has 0 aromatic heterocycles. The molecule has 5 aliphatic carbocycles. The molecule has 5 saturated carbocycles. The van der Waals surface area contributed by atoms with Gasteiger partial charge in [-0.15, -0.1) is 0 Å². The first-order valence-electron chi connectivity index (χ1n) is 14.3. The summed E-state index contributed by atoms with van der Waals surface area (Å²) in [7, 11) is 0. The molecule has 10 nitrogen and oxygen atoms in total. The molecule has 0 unspecified atom stereocenters. The Morgan fingerprint density at radius 3 is 2.23 bits per heavy atom. The molecule has 6 fully saturated rings. The predicted molar refractivity (Wildman–Crippen MR) is 133 cm³/mol. The Labute approximate surface area is 227 Å². The van der Waals surface area contributed by atoms with Gasteiger partial charge in [0.25, 0.3) is 0 Å². The van der Waals surface area contributed by atoms with Gasteiger partial charge in [-0.05, 0) is 36.5 Å². The lowest BCUT2D eigenvalue weighted by Gasteiger charge is -2.65. The highest BCUT2D eigenvalue weighted by Gasteiger charge is 2.81. The fourth-order valence-corrected chi connectivity index (χ4v) is 10.4. The molecule has 0 radical (unpaired) electrons. The Morgan fingerprint density at radius 1 is 0.974 bits per heavy atom. The van der Waals surface area contributed by atoms with Gasteiger partial charge in [-0.2, -0.15) is 0 Å². The van der Waals surface area contributed by atoms with Crippen LogP contribution in [0.25, 0.3) is 0 Å². The fraction of sp³-hybridized carbons (Fsp3) is 0.862. The number of carbonyl (C=O) groups excluding carboxylic acids is 4. The van der Waals surface area contributed by atoms with Crippen molar-refractivity contribution in [1.82, 2.24) is 0 Å². The van der Waals surface area contributed by atoms with Crippen molar-refractivity contribution in [2.45, 2.75) is 103 Å². The van der Waals surface area contributed by atoms with Crippen LogP contribution < -0.4 is 0 Å².